The lowest BCUT2D eigenvalue weighted by molar-refractivity contribution is -0.133. The molecule has 36 heavy (non-hydrogen) atoms. The van der Waals surface area contributed by atoms with Crippen molar-refractivity contribution in [3.63, 3.8) is 0 Å². The number of aromatic nitrogens is 1. The molecule has 0 aliphatic carbocycles. The molecule has 1 aliphatic heterocycles. The molecule has 0 saturated heterocycles. The van der Waals surface area contributed by atoms with Gasteiger partial charge in [-0.25, -0.2) is 4.68 Å². The van der Waals surface area contributed by atoms with E-state index in [2.05, 4.69) is 16.1 Å². The Morgan fingerprint density at radius 2 is 1.69 bits per heavy atom. The zero-order valence-corrected chi connectivity index (χ0v) is 20.2. The largest absolute Gasteiger partial charge is 0.454 e. The van der Waals surface area contributed by atoms with E-state index in [1.54, 1.807) is 67.6 Å². The summed E-state index contributed by atoms with van der Waals surface area (Å²) in [6.45, 7) is 1.85. The van der Waals surface area contributed by atoms with Crippen LogP contribution in [0.1, 0.15) is 16.1 Å². The summed E-state index contributed by atoms with van der Waals surface area (Å²) in [6.07, 6.45) is 0. The molecule has 0 saturated carbocycles. The maximum Gasteiger partial charge on any atom is 0.328 e. The Morgan fingerprint density at radius 3 is 2.53 bits per heavy atom. The quantitative estimate of drug-likeness (QED) is 0.327. The number of rotatable bonds is 4. The number of carbonyl (C=O) groups is 3. The van der Waals surface area contributed by atoms with Gasteiger partial charge in [-0.3, -0.25) is 19.8 Å². The van der Waals surface area contributed by atoms with Crippen molar-refractivity contribution in [2.45, 2.75) is 6.92 Å². The predicted octanol–water partition coefficient (Wildman–Crippen LogP) is 4.95. The van der Waals surface area contributed by atoms with Crippen LogP contribution < -0.4 is 25.5 Å². The average Bonchev–Trinajstić information content (AvgIpc) is 3.46. The molecule has 0 bridgehead atoms. The fourth-order valence-electron chi connectivity index (χ4n) is 3.72. The Hall–Kier alpha value is -4.21. The van der Waals surface area contributed by atoms with E-state index >= 15 is 0 Å². The van der Waals surface area contributed by atoms with Gasteiger partial charge in [-0.15, -0.1) is 0 Å². The van der Waals surface area contributed by atoms with Crippen molar-refractivity contribution in [2.24, 2.45) is 0 Å². The van der Waals surface area contributed by atoms with Crippen molar-refractivity contribution >= 4 is 63.2 Å². The Balaban J connectivity index is 1.42. The number of hydrogen-bond donors (Lipinski definition) is 3. The second-order valence-electron chi connectivity index (χ2n) is 7.90. The summed E-state index contributed by atoms with van der Waals surface area (Å²) in [5.41, 5.74) is 4.59. The lowest BCUT2D eigenvalue weighted by Gasteiger charge is -2.14. The van der Waals surface area contributed by atoms with Crippen LogP contribution in [0.5, 0.6) is 11.5 Å². The van der Waals surface area contributed by atoms with Crippen molar-refractivity contribution in [3.8, 4) is 11.5 Å². The normalized spacial score (nSPS) is 11.9. The van der Waals surface area contributed by atoms with Crippen LogP contribution in [-0.2, 0) is 9.59 Å². The van der Waals surface area contributed by atoms with E-state index in [1.165, 1.54) is 4.68 Å². The van der Waals surface area contributed by atoms with Crippen molar-refractivity contribution < 1.29 is 23.9 Å². The Morgan fingerprint density at radius 1 is 0.889 bits per heavy atom. The predicted molar refractivity (Wildman–Crippen MR) is 137 cm³/mol. The maximum absolute atomic E-state index is 13.2. The van der Waals surface area contributed by atoms with Crippen LogP contribution in [0.4, 0.5) is 11.4 Å². The third-order valence-corrected chi connectivity index (χ3v) is 6.21. The monoisotopic (exact) mass is 524 g/mol. The minimum absolute atomic E-state index is 0.0795. The van der Waals surface area contributed by atoms with Gasteiger partial charge in [0, 0.05) is 32.9 Å². The maximum atomic E-state index is 13.2. The number of halogens is 2. The Kier molecular flexibility index (Phi) is 6.17. The first kappa shape index (κ1) is 23.5. The van der Waals surface area contributed by atoms with Crippen LogP contribution in [0.25, 0.3) is 10.9 Å². The molecular weight excluding hydrogens is 507 g/mol. The van der Waals surface area contributed by atoms with E-state index in [4.69, 9.17) is 32.7 Å². The Bertz CT molecular complexity index is 1550. The highest BCUT2D eigenvalue weighted by atomic mass is 35.5. The van der Waals surface area contributed by atoms with Gasteiger partial charge < -0.3 is 20.1 Å². The smallest absolute Gasteiger partial charge is 0.328 e. The number of benzene rings is 3. The summed E-state index contributed by atoms with van der Waals surface area (Å²) < 4.78 is 11.8. The summed E-state index contributed by atoms with van der Waals surface area (Å²) in [6, 6.07) is 16.3. The van der Waals surface area contributed by atoms with Crippen LogP contribution in [0.3, 0.4) is 0 Å². The highest BCUT2D eigenvalue weighted by Crippen LogP contribution is 2.34. The molecule has 3 aromatic carbocycles. The standard InChI is InChI=1S/C25H18Cl2N4O5/c1-13-17(27)3-2-4-18(13)29-23(32)20-10-14-9-15(26)5-7-19(14)31(20)30-25(34)24(33)28-16-6-8-21-22(11-16)36-12-35-21/h2-11H,12H2,1H3,(H,28,33)(H,29,32)(H,30,34). The van der Waals surface area contributed by atoms with Gasteiger partial charge in [0.05, 0.1) is 5.52 Å². The molecule has 182 valence electrons. The van der Waals surface area contributed by atoms with Gasteiger partial charge in [-0.2, -0.15) is 0 Å². The minimum Gasteiger partial charge on any atom is -0.454 e. The molecule has 0 atom stereocenters. The number of anilines is 2. The fraction of sp³-hybridized carbons (Fsp3) is 0.0800. The number of ether oxygens (including phenoxy) is 2. The van der Waals surface area contributed by atoms with E-state index in [9.17, 15) is 14.4 Å². The van der Waals surface area contributed by atoms with Crippen molar-refractivity contribution in [2.75, 3.05) is 22.9 Å². The molecule has 5 rings (SSSR count). The van der Waals surface area contributed by atoms with E-state index in [0.717, 1.165) is 0 Å². The molecule has 1 aliphatic rings. The molecule has 9 nitrogen and oxygen atoms in total. The first-order valence-electron chi connectivity index (χ1n) is 10.7. The summed E-state index contributed by atoms with van der Waals surface area (Å²) in [7, 11) is 0. The number of hydrogen-bond acceptors (Lipinski definition) is 5. The number of fused-ring (bicyclic) bond motifs is 2. The van der Waals surface area contributed by atoms with Gasteiger partial charge in [-0.1, -0.05) is 29.3 Å². The molecule has 0 spiro atoms. The van der Waals surface area contributed by atoms with Gasteiger partial charge in [0.25, 0.3) is 5.91 Å². The minimum atomic E-state index is -0.992. The van der Waals surface area contributed by atoms with Crippen LogP contribution in [0.15, 0.2) is 60.7 Å². The second kappa shape index (κ2) is 9.44. The highest BCUT2D eigenvalue weighted by Gasteiger charge is 2.22. The third kappa shape index (κ3) is 4.53. The van der Waals surface area contributed by atoms with E-state index in [1.807, 2.05) is 0 Å². The lowest BCUT2D eigenvalue weighted by Crippen LogP contribution is -2.36. The molecule has 2 heterocycles. The summed E-state index contributed by atoms with van der Waals surface area (Å²) in [5.74, 6) is -1.46. The molecule has 3 amide bonds. The summed E-state index contributed by atoms with van der Waals surface area (Å²) in [4.78, 5) is 38.7. The van der Waals surface area contributed by atoms with E-state index in [-0.39, 0.29) is 12.5 Å². The van der Waals surface area contributed by atoms with Crippen LogP contribution in [0.2, 0.25) is 10.0 Å². The van der Waals surface area contributed by atoms with Gasteiger partial charge in [0.1, 0.15) is 5.69 Å². The van der Waals surface area contributed by atoms with Gasteiger partial charge in [-0.05, 0) is 61.0 Å². The first-order valence-corrected chi connectivity index (χ1v) is 11.5. The number of carbonyl (C=O) groups excluding carboxylic acids is 3. The first-order chi connectivity index (χ1) is 17.3. The van der Waals surface area contributed by atoms with Crippen molar-refractivity contribution in [1.29, 1.82) is 0 Å². The van der Waals surface area contributed by atoms with Gasteiger partial charge in [0.15, 0.2) is 11.5 Å². The third-order valence-electron chi connectivity index (χ3n) is 5.56. The van der Waals surface area contributed by atoms with E-state index < -0.39 is 17.7 Å². The van der Waals surface area contributed by atoms with E-state index in [0.29, 0.717) is 49.4 Å². The van der Waals surface area contributed by atoms with Crippen molar-refractivity contribution in [3.05, 3.63) is 82.0 Å². The number of nitrogens with one attached hydrogen (secondary N) is 3. The van der Waals surface area contributed by atoms with Crippen LogP contribution in [-0.4, -0.2) is 29.2 Å². The zero-order chi connectivity index (χ0) is 25.4. The SMILES string of the molecule is Cc1c(Cl)cccc1NC(=O)c1cc2cc(Cl)ccc2n1NC(=O)C(=O)Nc1ccc2c(c1)OCO2. The Labute approximate surface area is 214 Å². The molecule has 4 aromatic rings. The summed E-state index contributed by atoms with van der Waals surface area (Å²) >= 11 is 12.3. The lowest BCUT2D eigenvalue weighted by atomic mass is 10.2. The summed E-state index contributed by atoms with van der Waals surface area (Å²) in [5, 5.41) is 6.83. The topological polar surface area (TPSA) is 111 Å². The van der Waals surface area contributed by atoms with Crippen LogP contribution in [0, 0.1) is 6.92 Å². The molecule has 0 fully saturated rings. The van der Waals surface area contributed by atoms with Crippen molar-refractivity contribution in [1.82, 2.24) is 4.68 Å². The molecular formula is C25H18Cl2N4O5. The molecule has 3 N–H and O–H groups in total. The highest BCUT2D eigenvalue weighted by molar-refractivity contribution is 6.42. The molecule has 11 heteroatoms. The number of amides is 3. The fourth-order valence-corrected chi connectivity index (χ4v) is 4.07. The van der Waals surface area contributed by atoms with Gasteiger partial charge >= 0.3 is 11.8 Å². The van der Waals surface area contributed by atoms with Gasteiger partial charge in [0.2, 0.25) is 6.79 Å². The van der Waals surface area contributed by atoms with Crippen LogP contribution >= 0.6 is 23.2 Å². The molecule has 0 radical (unpaired) electrons. The average molecular weight is 525 g/mol. The molecule has 1 aromatic heterocycles. The molecule has 0 unspecified atom stereocenters. The second-order valence-corrected chi connectivity index (χ2v) is 8.74. The zero-order valence-electron chi connectivity index (χ0n) is 18.7. The number of nitrogens with zero attached hydrogens (tertiary/aromatic N) is 1.